The van der Waals surface area contributed by atoms with Crippen LogP contribution in [0.5, 0.6) is 0 Å². The first-order valence-corrected chi connectivity index (χ1v) is 7.52. The van der Waals surface area contributed by atoms with Crippen molar-refractivity contribution in [1.82, 2.24) is 9.62 Å². The van der Waals surface area contributed by atoms with Crippen LogP contribution < -0.4 is 5.32 Å². The van der Waals surface area contributed by atoms with Crippen molar-refractivity contribution in [2.24, 2.45) is 0 Å². The van der Waals surface area contributed by atoms with Crippen LogP contribution >= 0.6 is 0 Å². The SMILES string of the molecule is O=[N+]([O-])c1cccc(F)c1S(=O)(=O)N1CCCNCC1. The Balaban J connectivity index is 2.51. The quantitative estimate of drug-likeness (QED) is 0.656. The number of hydrogen-bond acceptors (Lipinski definition) is 5. The van der Waals surface area contributed by atoms with Crippen LogP contribution in [0.3, 0.4) is 0 Å². The number of nitro benzene ring substituents is 1. The highest BCUT2D eigenvalue weighted by Gasteiger charge is 2.34. The topological polar surface area (TPSA) is 92.5 Å². The van der Waals surface area contributed by atoms with E-state index in [4.69, 9.17) is 0 Å². The molecule has 0 saturated carbocycles. The minimum Gasteiger partial charge on any atom is -0.315 e. The van der Waals surface area contributed by atoms with E-state index < -0.39 is 31.3 Å². The van der Waals surface area contributed by atoms with Gasteiger partial charge in [-0.3, -0.25) is 10.1 Å². The van der Waals surface area contributed by atoms with Gasteiger partial charge in [-0.25, -0.2) is 12.8 Å². The molecule has 1 saturated heterocycles. The van der Waals surface area contributed by atoms with Crippen molar-refractivity contribution < 1.29 is 17.7 Å². The van der Waals surface area contributed by atoms with Crippen molar-refractivity contribution in [3.8, 4) is 0 Å². The molecular formula is C11H14FN3O4S. The van der Waals surface area contributed by atoms with Crippen molar-refractivity contribution in [3.05, 3.63) is 34.1 Å². The first-order chi connectivity index (χ1) is 9.44. The van der Waals surface area contributed by atoms with E-state index in [9.17, 15) is 22.9 Å². The van der Waals surface area contributed by atoms with Crippen LogP contribution in [0.15, 0.2) is 23.1 Å². The van der Waals surface area contributed by atoms with Gasteiger partial charge in [-0.2, -0.15) is 4.31 Å². The van der Waals surface area contributed by atoms with Gasteiger partial charge in [0.15, 0.2) is 4.90 Å². The van der Waals surface area contributed by atoms with Gasteiger partial charge in [0.05, 0.1) is 4.92 Å². The van der Waals surface area contributed by atoms with Gasteiger partial charge in [-0.05, 0) is 19.0 Å². The predicted octanol–water partition coefficient (Wildman–Crippen LogP) is 0.718. The van der Waals surface area contributed by atoms with Crippen LogP contribution in [0, 0.1) is 15.9 Å². The van der Waals surface area contributed by atoms with Crippen LogP contribution in [-0.4, -0.2) is 43.8 Å². The van der Waals surface area contributed by atoms with Crippen LogP contribution in [0.25, 0.3) is 0 Å². The Kier molecular flexibility index (Phi) is 4.31. The van der Waals surface area contributed by atoms with Crippen molar-refractivity contribution in [1.29, 1.82) is 0 Å². The highest BCUT2D eigenvalue weighted by atomic mass is 32.2. The predicted molar refractivity (Wildman–Crippen MR) is 69.3 cm³/mol. The lowest BCUT2D eigenvalue weighted by molar-refractivity contribution is -0.388. The molecule has 1 N–H and O–H groups in total. The number of sulfonamides is 1. The third kappa shape index (κ3) is 2.79. The van der Waals surface area contributed by atoms with Crippen molar-refractivity contribution in [3.63, 3.8) is 0 Å². The molecule has 0 aliphatic carbocycles. The average Bonchev–Trinajstić information content (AvgIpc) is 2.67. The molecule has 1 aliphatic rings. The molecule has 1 aliphatic heterocycles. The minimum absolute atomic E-state index is 0.161. The summed E-state index contributed by atoms with van der Waals surface area (Å²) in [6.45, 7) is 1.46. The van der Waals surface area contributed by atoms with E-state index in [-0.39, 0.29) is 13.1 Å². The van der Waals surface area contributed by atoms with Gasteiger partial charge < -0.3 is 5.32 Å². The summed E-state index contributed by atoms with van der Waals surface area (Å²) < 4.78 is 39.8. The Morgan fingerprint density at radius 3 is 2.75 bits per heavy atom. The maximum atomic E-state index is 13.8. The van der Waals surface area contributed by atoms with Crippen molar-refractivity contribution in [2.45, 2.75) is 11.3 Å². The van der Waals surface area contributed by atoms with Gasteiger partial charge in [0, 0.05) is 25.7 Å². The molecular weight excluding hydrogens is 289 g/mol. The molecule has 0 bridgehead atoms. The monoisotopic (exact) mass is 303 g/mol. The van der Waals surface area contributed by atoms with Crippen molar-refractivity contribution >= 4 is 15.7 Å². The van der Waals surface area contributed by atoms with Gasteiger partial charge in [0.1, 0.15) is 5.82 Å². The third-order valence-corrected chi connectivity index (χ3v) is 5.00. The molecule has 9 heteroatoms. The second kappa shape index (κ2) is 5.81. The highest BCUT2D eigenvalue weighted by molar-refractivity contribution is 7.89. The Hall–Kier alpha value is -1.58. The molecule has 1 fully saturated rings. The number of nitro groups is 1. The molecule has 1 heterocycles. The lowest BCUT2D eigenvalue weighted by atomic mass is 10.3. The van der Waals surface area contributed by atoms with Crippen LogP contribution in [0.2, 0.25) is 0 Å². The van der Waals surface area contributed by atoms with E-state index in [1.165, 1.54) is 0 Å². The number of rotatable bonds is 3. The summed E-state index contributed by atoms with van der Waals surface area (Å²) in [5, 5.41) is 13.9. The van der Waals surface area contributed by atoms with Gasteiger partial charge >= 0.3 is 0 Å². The lowest BCUT2D eigenvalue weighted by Gasteiger charge is -2.19. The van der Waals surface area contributed by atoms with Gasteiger partial charge in [-0.1, -0.05) is 6.07 Å². The Morgan fingerprint density at radius 2 is 2.05 bits per heavy atom. The molecule has 7 nitrogen and oxygen atoms in total. The van der Waals surface area contributed by atoms with E-state index in [0.29, 0.717) is 19.5 Å². The number of nitrogens with one attached hydrogen (secondary N) is 1. The molecule has 1 aromatic carbocycles. The fraction of sp³-hybridized carbons (Fsp3) is 0.455. The maximum absolute atomic E-state index is 13.8. The Bertz CT molecular complexity index is 612. The van der Waals surface area contributed by atoms with Gasteiger partial charge in [-0.15, -0.1) is 0 Å². The first kappa shape index (κ1) is 14.8. The molecule has 0 aromatic heterocycles. The molecule has 20 heavy (non-hydrogen) atoms. The summed E-state index contributed by atoms with van der Waals surface area (Å²) in [7, 11) is -4.22. The molecule has 2 rings (SSSR count). The fourth-order valence-corrected chi connectivity index (χ4v) is 3.77. The molecule has 0 spiro atoms. The molecule has 0 atom stereocenters. The standard InChI is InChI=1S/C11H14FN3O4S/c12-9-3-1-4-10(15(16)17)11(9)20(18,19)14-7-2-5-13-6-8-14/h1,3-4,13H,2,5-8H2. The zero-order valence-corrected chi connectivity index (χ0v) is 11.4. The van der Waals surface area contributed by atoms with Crippen LogP contribution in [0.4, 0.5) is 10.1 Å². The number of benzene rings is 1. The summed E-state index contributed by atoms with van der Waals surface area (Å²) in [6.07, 6.45) is 0.571. The largest absolute Gasteiger partial charge is 0.315 e. The molecule has 0 unspecified atom stereocenters. The zero-order valence-electron chi connectivity index (χ0n) is 10.6. The maximum Gasteiger partial charge on any atom is 0.292 e. The summed E-state index contributed by atoms with van der Waals surface area (Å²) in [6, 6.07) is 3.03. The number of nitrogens with zero attached hydrogens (tertiary/aromatic N) is 2. The molecule has 0 radical (unpaired) electrons. The van der Waals surface area contributed by atoms with E-state index in [1.54, 1.807) is 0 Å². The second-order valence-corrected chi connectivity index (χ2v) is 6.23. The van der Waals surface area contributed by atoms with E-state index >= 15 is 0 Å². The zero-order chi connectivity index (χ0) is 14.8. The van der Waals surface area contributed by atoms with E-state index in [0.717, 1.165) is 22.5 Å². The van der Waals surface area contributed by atoms with Crippen molar-refractivity contribution in [2.75, 3.05) is 26.2 Å². The third-order valence-electron chi connectivity index (χ3n) is 3.04. The summed E-state index contributed by atoms with van der Waals surface area (Å²) >= 11 is 0. The Labute approximate surface area is 115 Å². The van der Waals surface area contributed by atoms with E-state index in [2.05, 4.69) is 5.32 Å². The van der Waals surface area contributed by atoms with Gasteiger partial charge in [0.25, 0.3) is 15.7 Å². The summed E-state index contributed by atoms with van der Waals surface area (Å²) in [5.74, 6) is -1.10. The number of hydrogen-bond donors (Lipinski definition) is 1. The van der Waals surface area contributed by atoms with Crippen LogP contribution in [-0.2, 0) is 10.0 Å². The summed E-state index contributed by atoms with van der Waals surface area (Å²) in [4.78, 5) is 9.18. The van der Waals surface area contributed by atoms with E-state index in [1.807, 2.05) is 0 Å². The lowest BCUT2D eigenvalue weighted by Crippen LogP contribution is -2.35. The Morgan fingerprint density at radius 1 is 1.30 bits per heavy atom. The number of halogens is 1. The van der Waals surface area contributed by atoms with Crippen LogP contribution in [0.1, 0.15) is 6.42 Å². The first-order valence-electron chi connectivity index (χ1n) is 6.08. The second-order valence-electron chi connectivity index (χ2n) is 4.35. The smallest absolute Gasteiger partial charge is 0.292 e. The summed E-state index contributed by atoms with van der Waals surface area (Å²) in [5.41, 5.74) is -0.734. The van der Waals surface area contributed by atoms with Gasteiger partial charge in [0.2, 0.25) is 0 Å². The fourth-order valence-electron chi connectivity index (χ4n) is 2.09. The normalized spacial score (nSPS) is 17.6. The molecule has 1 aromatic rings. The average molecular weight is 303 g/mol. The minimum atomic E-state index is -4.22. The molecule has 110 valence electrons. The highest BCUT2D eigenvalue weighted by Crippen LogP contribution is 2.29. The molecule has 0 amide bonds.